The monoisotopic (exact) mass is 373 g/mol. The van der Waals surface area contributed by atoms with Crippen molar-refractivity contribution in [3.05, 3.63) is 29.1 Å². The number of hydrogen-bond donors (Lipinski definition) is 2. The van der Waals surface area contributed by atoms with E-state index in [1.165, 1.54) is 31.3 Å². The molecule has 0 unspecified atom stereocenters. The Morgan fingerprint density at radius 1 is 1.22 bits per heavy atom. The fourth-order valence-electron chi connectivity index (χ4n) is 3.67. The van der Waals surface area contributed by atoms with E-state index >= 15 is 0 Å². The second-order valence-electron chi connectivity index (χ2n) is 7.73. The third kappa shape index (κ3) is 5.34. The zero-order valence-electron chi connectivity index (χ0n) is 16.5. The quantitative estimate of drug-likeness (QED) is 0.752. The molecule has 0 aromatic carbocycles. The summed E-state index contributed by atoms with van der Waals surface area (Å²) in [5, 5.41) is 10.3. The van der Waals surface area contributed by atoms with Crippen LogP contribution in [-0.2, 0) is 24.4 Å². The molecule has 27 heavy (non-hydrogen) atoms. The second-order valence-corrected chi connectivity index (χ2v) is 7.73. The number of carbonyl (C=O) groups excluding carboxylic acids is 2. The van der Waals surface area contributed by atoms with Crippen LogP contribution in [0.2, 0.25) is 0 Å². The number of amides is 3. The SMILES string of the molecule is CC(C)C(=O)N1CCn2nc(CNC(=O)NCCC3=CCCCC3)cc2C1. The smallest absolute Gasteiger partial charge is 0.315 e. The van der Waals surface area contributed by atoms with Crippen LogP contribution in [-0.4, -0.2) is 39.7 Å². The highest BCUT2D eigenvalue weighted by molar-refractivity contribution is 5.78. The number of nitrogens with one attached hydrogen (secondary N) is 2. The molecule has 0 saturated heterocycles. The maximum absolute atomic E-state index is 12.2. The molecule has 2 heterocycles. The predicted molar refractivity (Wildman–Crippen MR) is 104 cm³/mol. The van der Waals surface area contributed by atoms with Gasteiger partial charge in [-0.1, -0.05) is 25.5 Å². The molecule has 7 nitrogen and oxygen atoms in total. The van der Waals surface area contributed by atoms with Crippen LogP contribution < -0.4 is 10.6 Å². The normalized spacial score (nSPS) is 16.7. The average Bonchev–Trinajstić information content (AvgIpc) is 3.08. The van der Waals surface area contributed by atoms with Gasteiger partial charge in [0.1, 0.15) is 0 Å². The van der Waals surface area contributed by atoms with Crippen molar-refractivity contribution >= 4 is 11.9 Å². The Morgan fingerprint density at radius 3 is 2.81 bits per heavy atom. The van der Waals surface area contributed by atoms with Gasteiger partial charge < -0.3 is 15.5 Å². The molecule has 1 aliphatic heterocycles. The zero-order chi connectivity index (χ0) is 19.2. The van der Waals surface area contributed by atoms with Crippen molar-refractivity contribution in [2.45, 2.75) is 65.6 Å². The van der Waals surface area contributed by atoms with Gasteiger partial charge in [0.25, 0.3) is 0 Å². The van der Waals surface area contributed by atoms with Crippen molar-refractivity contribution in [3.8, 4) is 0 Å². The molecular formula is C20H31N5O2. The maximum atomic E-state index is 12.2. The molecule has 2 N–H and O–H groups in total. The molecule has 0 atom stereocenters. The zero-order valence-corrected chi connectivity index (χ0v) is 16.5. The van der Waals surface area contributed by atoms with Crippen molar-refractivity contribution < 1.29 is 9.59 Å². The van der Waals surface area contributed by atoms with Crippen LogP contribution >= 0.6 is 0 Å². The number of allylic oxidation sites excluding steroid dienone is 1. The van der Waals surface area contributed by atoms with Crippen LogP contribution in [0.1, 0.15) is 57.3 Å². The lowest BCUT2D eigenvalue weighted by atomic mass is 9.97. The Morgan fingerprint density at radius 2 is 2.07 bits per heavy atom. The molecule has 148 valence electrons. The minimum Gasteiger partial charge on any atom is -0.338 e. The molecule has 0 radical (unpaired) electrons. The Bertz CT molecular complexity index is 707. The number of hydrogen-bond acceptors (Lipinski definition) is 3. The second kappa shape index (κ2) is 9.06. The number of nitrogens with zero attached hydrogens (tertiary/aromatic N) is 3. The number of rotatable bonds is 6. The van der Waals surface area contributed by atoms with Crippen LogP contribution in [0, 0.1) is 5.92 Å². The van der Waals surface area contributed by atoms with E-state index in [0.29, 0.717) is 32.7 Å². The molecule has 2 aliphatic rings. The molecule has 0 spiro atoms. The van der Waals surface area contributed by atoms with Gasteiger partial charge in [0, 0.05) is 19.0 Å². The molecule has 3 amide bonds. The lowest BCUT2D eigenvalue weighted by Gasteiger charge is -2.29. The predicted octanol–water partition coefficient (Wildman–Crippen LogP) is 2.57. The maximum Gasteiger partial charge on any atom is 0.315 e. The van der Waals surface area contributed by atoms with E-state index < -0.39 is 0 Å². The first kappa shape index (κ1) is 19.5. The average molecular weight is 374 g/mol. The molecule has 0 saturated carbocycles. The van der Waals surface area contributed by atoms with Gasteiger partial charge in [-0.3, -0.25) is 9.48 Å². The fourth-order valence-corrected chi connectivity index (χ4v) is 3.67. The van der Waals surface area contributed by atoms with Crippen molar-refractivity contribution in [2.75, 3.05) is 13.1 Å². The highest BCUT2D eigenvalue weighted by Gasteiger charge is 2.23. The van der Waals surface area contributed by atoms with Gasteiger partial charge in [0.15, 0.2) is 0 Å². The summed E-state index contributed by atoms with van der Waals surface area (Å²) in [5.74, 6) is 0.184. The first-order valence-corrected chi connectivity index (χ1v) is 10.1. The fraction of sp³-hybridized carbons (Fsp3) is 0.650. The number of fused-ring (bicyclic) bond motifs is 1. The number of carbonyl (C=O) groups is 2. The lowest BCUT2D eigenvalue weighted by molar-refractivity contribution is -0.136. The number of urea groups is 1. The van der Waals surface area contributed by atoms with E-state index in [4.69, 9.17) is 0 Å². The van der Waals surface area contributed by atoms with Crippen LogP contribution in [0.4, 0.5) is 4.79 Å². The third-order valence-electron chi connectivity index (χ3n) is 5.20. The van der Waals surface area contributed by atoms with E-state index in [0.717, 1.165) is 17.8 Å². The van der Waals surface area contributed by atoms with Gasteiger partial charge in [-0.15, -0.1) is 0 Å². The van der Waals surface area contributed by atoms with Crippen molar-refractivity contribution in [1.82, 2.24) is 25.3 Å². The number of aromatic nitrogens is 2. The Balaban J connectivity index is 1.42. The lowest BCUT2D eigenvalue weighted by Crippen LogP contribution is -2.40. The summed E-state index contributed by atoms with van der Waals surface area (Å²) < 4.78 is 1.94. The van der Waals surface area contributed by atoms with Gasteiger partial charge >= 0.3 is 6.03 Å². The first-order chi connectivity index (χ1) is 13.0. The van der Waals surface area contributed by atoms with E-state index in [-0.39, 0.29) is 17.9 Å². The van der Waals surface area contributed by atoms with Gasteiger partial charge in [0.2, 0.25) is 5.91 Å². The highest BCUT2D eigenvalue weighted by atomic mass is 16.2. The topological polar surface area (TPSA) is 79.3 Å². The summed E-state index contributed by atoms with van der Waals surface area (Å²) in [7, 11) is 0. The van der Waals surface area contributed by atoms with Gasteiger partial charge in [-0.05, 0) is 38.2 Å². The summed E-state index contributed by atoms with van der Waals surface area (Å²) in [6.45, 7) is 6.89. The highest BCUT2D eigenvalue weighted by Crippen LogP contribution is 2.19. The molecule has 1 aromatic heterocycles. The summed E-state index contributed by atoms with van der Waals surface area (Å²) in [6.07, 6.45) is 8.14. The van der Waals surface area contributed by atoms with Crippen molar-refractivity contribution in [2.24, 2.45) is 5.92 Å². The molecular weight excluding hydrogens is 342 g/mol. The largest absolute Gasteiger partial charge is 0.338 e. The van der Waals surface area contributed by atoms with E-state index in [9.17, 15) is 9.59 Å². The van der Waals surface area contributed by atoms with E-state index in [1.807, 2.05) is 29.5 Å². The molecule has 0 bridgehead atoms. The summed E-state index contributed by atoms with van der Waals surface area (Å²) in [5.41, 5.74) is 3.31. The molecule has 1 aliphatic carbocycles. The standard InChI is InChI=1S/C20H31N5O2/c1-15(2)19(26)24-10-11-25-18(14-24)12-17(23-25)13-22-20(27)21-9-8-16-6-4-3-5-7-16/h6,12,15H,3-5,7-11,13-14H2,1-2H3,(H2,21,22,27). The van der Waals surface area contributed by atoms with Crippen molar-refractivity contribution in [1.29, 1.82) is 0 Å². The summed E-state index contributed by atoms with van der Waals surface area (Å²) in [6, 6.07) is 1.82. The van der Waals surface area contributed by atoms with Crippen LogP contribution in [0.5, 0.6) is 0 Å². The van der Waals surface area contributed by atoms with Crippen LogP contribution in [0.3, 0.4) is 0 Å². The van der Waals surface area contributed by atoms with Gasteiger partial charge in [-0.2, -0.15) is 5.10 Å². The van der Waals surface area contributed by atoms with E-state index in [1.54, 1.807) is 0 Å². The Hall–Kier alpha value is -2.31. The van der Waals surface area contributed by atoms with Crippen molar-refractivity contribution in [3.63, 3.8) is 0 Å². The third-order valence-corrected chi connectivity index (χ3v) is 5.20. The first-order valence-electron chi connectivity index (χ1n) is 10.1. The minimum absolute atomic E-state index is 0.00803. The summed E-state index contributed by atoms with van der Waals surface area (Å²) >= 11 is 0. The summed E-state index contributed by atoms with van der Waals surface area (Å²) in [4.78, 5) is 26.0. The van der Waals surface area contributed by atoms with Gasteiger partial charge in [0.05, 0.1) is 31.0 Å². The van der Waals surface area contributed by atoms with E-state index in [2.05, 4.69) is 21.8 Å². The molecule has 1 aromatic rings. The molecule has 0 fully saturated rings. The van der Waals surface area contributed by atoms with Crippen LogP contribution in [0.15, 0.2) is 17.7 Å². The van der Waals surface area contributed by atoms with Gasteiger partial charge in [-0.25, -0.2) is 4.79 Å². The molecule has 7 heteroatoms. The Kier molecular flexibility index (Phi) is 6.53. The minimum atomic E-state index is -0.158. The molecule has 3 rings (SSSR count). The Labute approximate surface area is 161 Å². The van der Waals surface area contributed by atoms with Crippen LogP contribution in [0.25, 0.3) is 0 Å².